The topological polar surface area (TPSA) is 48.1 Å². The standard InChI is InChI=1S/C10H13ClN2O/c1-8(4-11)7-14-10-3-2-9(5-12)13-6-10/h2-4,6H,5,7,12H2,1H3/b8-4-. The highest BCUT2D eigenvalue weighted by Crippen LogP contribution is 2.10. The van der Waals surface area contributed by atoms with Crippen molar-refractivity contribution in [2.45, 2.75) is 13.5 Å². The molecule has 0 atom stereocenters. The van der Waals surface area contributed by atoms with Crippen LogP contribution in [-0.4, -0.2) is 11.6 Å². The van der Waals surface area contributed by atoms with E-state index >= 15 is 0 Å². The smallest absolute Gasteiger partial charge is 0.138 e. The van der Waals surface area contributed by atoms with E-state index in [2.05, 4.69) is 4.98 Å². The molecule has 0 saturated heterocycles. The van der Waals surface area contributed by atoms with E-state index < -0.39 is 0 Å². The maximum atomic E-state index is 5.49. The van der Waals surface area contributed by atoms with Crippen molar-refractivity contribution in [3.8, 4) is 5.75 Å². The van der Waals surface area contributed by atoms with Gasteiger partial charge in [0.25, 0.3) is 0 Å². The summed E-state index contributed by atoms with van der Waals surface area (Å²) in [6.07, 6.45) is 1.66. The summed E-state index contributed by atoms with van der Waals surface area (Å²) in [5, 5.41) is 0. The minimum Gasteiger partial charge on any atom is -0.488 e. The Bertz CT molecular complexity index is 308. The number of hydrogen-bond acceptors (Lipinski definition) is 3. The largest absolute Gasteiger partial charge is 0.488 e. The molecule has 4 heteroatoms. The van der Waals surface area contributed by atoms with Crippen LogP contribution in [0.4, 0.5) is 0 Å². The molecule has 0 aliphatic heterocycles. The van der Waals surface area contributed by atoms with E-state index in [-0.39, 0.29) is 0 Å². The molecular weight excluding hydrogens is 200 g/mol. The molecule has 0 saturated carbocycles. The summed E-state index contributed by atoms with van der Waals surface area (Å²) in [5.41, 5.74) is 8.73. The Kier molecular flexibility index (Phi) is 4.43. The number of aromatic nitrogens is 1. The van der Waals surface area contributed by atoms with Crippen LogP contribution in [-0.2, 0) is 6.54 Å². The van der Waals surface area contributed by atoms with E-state index in [1.54, 1.807) is 6.20 Å². The molecule has 0 aromatic carbocycles. The zero-order valence-corrected chi connectivity index (χ0v) is 8.79. The molecule has 1 rings (SSSR count). The molecule has 3 nitrogen and oxygen atoms in total. The number of pyridine rings is 1. The predicted molar refractivity (Wildman–Crippen MR) is 57.2 cm³/mol. The lowest BCUT2D eigenvalue weighted by molar-refractivity contribution is 0.351. The van der Waals surface area contributed by atoms with Crippen molar-refractivity contribution >= 4 is 11.6 Å². The van der Waals surface area contributed by atoms with Crippen molar-refractivity contribution in [1.82, 2.24) is 4.98 Å². The molecule has 1 heterocycles. The van der Waals surface area contributed by atoms with E-state index in [0.29, 0.717) is 13.2 Å². The Balaban J connectivity index is 2.52. The van der Waals surface area contributed by atoms with Gasteiger partial charge in [0, 0.05) is 12.1 Å². The number of nitrogens with two attached hydrogens (primary N) is 1. The van der Waals surface area contributed by atoms with Gasteiger partial charge in [0.1, 0.15) is 12.4 Å². The quantitative estimate of drug-likeness (QED) is 0.831. The first kappa shape index (κ1) is 11.0. The molecular formula is C10H13ClN2O. The van der Waals surface area contributed by atoms with Gasteiger partial charge in [-0.15, -0.1) is 0 Å². The summed E-state index contributed by atoms with van der Waals surface area (Å²) in [6, 6.07) is 3.69. The lowest BCUT2D eigenvalue weighted by atomic mass is 10.3. The van der Waals surface area contributed by atoms with Gasteiger partial charge >= 0.3 is 0 Å². The van der Waals surface area contributed by atoms with E-state index in [4.69, 9.17) is 22.1 Å². The molecule has 1 aromatic rings. The van der Waals surface area contributed by atoms with Gasteiger partial charge in [0.15, 0.2) is 0 Å². The minimum absolute atomic E-state index is 0.445. The first-order chi connectivity index (χ1) is 6.76. The van der Waals surface area contributed by atoms with Crippen molar-refractivity contribution < 1.29 is 4.74 Å². The Morgan fingerprint density at radius 2 is 2.43 bits per heavy atom. The average molecular weight is 213 g/mol. The minimum atomic E-state index is 0.445. The molecule has 0 aliphatic carbocycles. The molecule has 0 amide bonds. The van der Waals surface area contributed by atoms with Gasteiger partial charge in [-0.1, -0.05) is 11.6 Å². The third kappa shape index (κ3) is 3.36. The Hall–Kier alpha value is -1.06. The highest BCUT2D eigenvalue weighted by molar-refractivity contribution is 6.25. The van der Waals surface area contributed by atoms with Gasteiger partial charge in [0.05, 0.1) is 11.9 Å². The Labute approximate surface area is 88.5 Å². The third-order valence-electron chi connectivity index (χ3n) is 1.66. The molecule has 0 fully saturated rings. The monoisotopic (exact) mass is 212 g/mol. The summed E-state index contributed by atoms with van der Waals surface area (Å²) in [4.78, 5) is 4.10. The molecule has 1 aromatic heterocycles. The fourth-order valence-corrected chi connectivity index (χ4v) is 0.909. The van der Waals surface area contributed by atoms with Gasteiger partial charge < -0.3 is 10.5 Å². The number of ether oxygens (including phenoxy) is 1. The van der Waals surface area contributed by atoms with Crippen LogP contribution in [0.2, 0.25) is 0 Å². The number of hydrogen-bond donors (Lipinski definition) is 1. The average Bonchev–Trinajstić information content (AvgIpc) is 2.26. The van der Waals surface area contributed by atoms with Crippen LogP contribution in [0.15, 0.2) is 29.4 Å². The van der Waals surface area contributed by atoms with Crippen LogP contribution in [0.5, 0.6) is 5.75 Å². The van der Waals surface area contributed by atoms with E-state index in [1.807, 2.05) is 19.1 Å². The second-order valence-electron chi connectivity index (χ2n) is 2.93. The van der Waals surface area contributed by atoms with Crippen LogP contribution >= 0.6 is 11.6 Å². The lowest BCUT2D eigenvalue weighted by Crippen LogP contribution is -2.01. The number of nitrogens with zero attached hydrogens (tertiary/aromatic N) is 1. The van der Waals surface area contributed by atoms with Crippen molar-refractivity contribution in [3.05, 3.63) is 35.1 Å². The number of rotatable bonds is 4. The zero-order chi connectivity index (χ0) is 10.4. The molecule has 0 spiro atoms. The highest BCUT2D eigenvalue weighted by Gasteiger charge is 1.95. The normalized spacial score (nSPS) is 11.5. The van der Waals surface area contributed by atoms with Crippen molar-refractivity contribution in [1.29, 1.82) is 0 Å². The van der Waals surface area contributed by atoms with Crippen molar-refractivity contribution in [3.63, 3.8) is 0 Å². The summed E-state index contributed by atoms with van der Waals surface area (Å²) in [5.74, 6) is 0.722. The van der Waals surface area contributed by atoms with Gasteiger partial charge in [0.2, 0.25) is 0 Å². The van der Waals surface area contributed by atoms with E-state index in [1.165, 1.54) is 5.54 Å². The van der Waals surface area contributed by atoms with E-state index in [0.717, 1.165) is 17.0 Å². The second kappa shape index (κ2) is 5.62. The van der Waals surface area contributed by atoms with Crippen LogP contribution in [0.1, 0.15) is 12.6 Å². The van der Waals surface area contributed by atoms with Crippen molar-refractivity contribution in [2.24, 2.45) is 5.73 Å². The predicted octanol–water partition coefficient (Wildman–Crippen LogP) is 2.06. The first-order valence-corrected chi connectivity index (χ1v) is 4.73. The van der Waals surface area contributed by atoms with Crippen LogP contribution in [0.3, 0.4) is 0 Å². The second-order valence-corrected chi connectivity index (χ2v) is 3.15. The maximum Gasteiger partial charge on any atom is 0.138 e. The van der Waals surface area contributed by atoms with Crippen LogP contribution < -0.4 is 10.5 Å². The fourth-order valence-electron chi connectivity index (χ4n) is 0.846. The van der Waals surface area contributed by atoms with Gasteiger partial charge in [-0.2, -0.15) is 0 Å². The lowest BCUT2D eigenvalue weighted by Gasteiger charge is -2.05. The Morgan fingerprint density at radius 3 is 2.93 bits per heavy atom. The summed E-state index contributed by atoms with van der Waals surface area (Å²) in [7, 11) is 0. The maximum absolute atomic E-state index is 5.49. The molecule has 0 radical (unpaired) electrons. The SMILES string of the molecule is C/C(=C/Cl)COc1ccc(CN)nc1. The van der Waals surface area contributed by atoms with Crippen LogP contribution in [0, 0.1) is 0 Å². The highest BCUT2D eigenvalue weighted by atomic mass is 35.5. The summed E-state index contributed by atoms with van der Waals surface area (Å²) < 4.78 is 5.40. The zero-order valence-electron chi connectivity index (χ0n) is 8.03. The van der Waals surface area contributed by atoms with Gasteiger partial charge in [-0.05, 0) is 24.6 Å². The van der Waals surface area contributed by atoms with Crippen LogP contribution in [0.25, 0.3) is 0 Å². The van der Waals surface area contributed by atoms with Gasteiger partial charge in [-0.3, -0.25) is 4.98 Å². The molecule has 76 valence electrons. The van der Waals surface area contributed by atoms with E-state index in [9.17, 15) is 0 Å². The molecule has 0 bridgehead atoms. The van der Waals surface area contributed by atoms with Gasteiger partial charge in [-0.25, -0.2) is 0 Å². The molecule has 0 unspecified atom stereocenters. The third-order valence-corrected chi connectivity index (χ3v) is 2.03. The van der Waals surface area contributed by atoms with Crippen molar-refractivity contribution in [2.75, 3.05) is 6.61 Å². The Morgan fingerprint density at radius 1 is 1.64 bits per heavy atom. The molecule has 14 heavy (non-hydrogen) atoms. The summed E-state index contributed by atoms with van der Waals surface area (Å²) in [6.45, 7) is 2.82. The summed E-state index contributed by atoms with van der Waals surface area (Å²) >= 11 is 5.49. The molecule has 0 aliphatic rings. The molecule has 2 N–H and O–H groups in total. The first-order valence-electron chi connectivity index (χ1n) is 4.30. The number of halogens is 1. The fraction of sp³-hybridized carbons (Fsp3) is 0.300.